The summed E-state index contributed by atoms with van der Waals surface area (Å²) in [5.74, 6) is 0.116. The Kier molecular flexibility index (Phi) is 6.62. The average molecular weight is 316 g/mol. The second-order valence-corrected chi connectivity index (χ2v) is 5.53. The van der Waals surface area contributed by atoms with Gasteiger partial charge in [-0.15, -0.1) is 0 Å². The van der Waals surface area contributed by atoms with Gasteiger partial charge in [-0.3, -0.25) is 4.68 Å². The standard InChI is InChI=1S/C17H24N4O2/c1-21-13-14(11-20-21)7-9-18-17(23)19-12-16(8-10-22)15-5-3-2-4-6-15/h2-6,11,13,16,22H,7-10,12H2,1H3,(H2,18,19,23). The summed E-state index contributed by atoms with van der Waals surface area (Å²) in [4.78, 5) is 11.9. The zero-order chi connectivity index (χ0) is 16.5. The van der Waals surface area contributed by atoms with Gasteiger partial charge in [-0.05, 0) is 24.0 Å². The normalized spacial score (nSPS) is 11.9. The van der Waals surface area contributed by atoms with Crippen molar-refractivity contribution in [2.45, 2.75) is 18.8 Å². The summed E-state index contributed by atoms with van der Waals surface area (Å²) in [5, 5.41) is 19.0. The van der Waals surface area contributed by atoms with Crippen molar-refractivity contribution in [1.29, 1.82) is 0 Å². The molecule has 2 aromatic rings. The number of nitrogens with zero attached hydrogens (tertiary/aromatic N) is 2. The average Bonchev–Trinajstić information content (AvgIpc) is 2.97. The van der Waals surface area contributed by atoms with Crippen LogP contribution in [0.3, 0.4) is 0 Å². The number of carbonyl (C=O) groups excluding carboxylic acids is 1. The van der Waals surface area contributed by atoms with E-state index in [4.69, 9.17) is 0 Å². The minimum Gasteiger partial charge on any atom is -0.396 e. The molecule has 0 aliphatic heterocycles. The highest BCUT2D eigenvalue weighted by molar-refractivity contribution is 5.73. The Morgan fingerprint density at radius 2 is 2.09 bits per heavy atom. The van der Waals surface area contributed by atoms with Crippen LogP contribution >= 0.6 is 0 Å². The molecule has 0 aliphatic rings. The Labute approximate surface area is 136 Å². The lowest BCUT2D eigenvalue weighted by Crippen LogP contribution is -2.38. The Morgan fingerprint density at radius 3 is 2.74 bits per heavy atom. The lowest BCUT2D eigenvalue weighted by molar-refractivity contribution is 0.237. The number of aliphatic hydroxyl groups excluding tert-OH is 1. The zero-order valence-electron chi connectivity index (χ0n) is 13.4. The smallest absolute Gasteiger partial charge is 0.314 e. The summed E-state index contributed by atoms with van der Waals surface area (Å²) in [6, 6.07) is 9.73. The molecule has 0 spiro atoms. The van der Waals surface area contributed by atoms with E-state index in [1.54, 1.807) is 10.9 Å². The second kappa shape index (κ2) is 8.95. The van der Waals surface area contributed by atoms with E-state index in [2.05, 4.69) is 15.7 Å². The number of aryl methyl sites for hydroxylation is 1. The molecule has 2 rings (SSSR count). The maximum absolute atomic E-state index is 11.9. The number of urea groups is 1. The van der Waals surface area contributed by atoms with Crippen molar-refractivity contribution in [3.63, 3.8) is 0 Å². The first kappa shape index (κ1) is 17.0. The first-order valence-corrected chi connectivity index (χ1v) is 7.84. The van der Waals surface area contributed by atoms with E-state index < -0.39 is 0 Å². The van der Waals surface area contributed by atoms with Crippen LogP contribution in [0, 0.1) is 0 Å². The second-order valence-electron chi connectivity index (χ2n) is 5.53. The molecule has 1 aromatic carbocycles. The van der Waals surface area contributed by atoms with Gasteiger partial charge in [-0.1, -0.05) is 30.3 Å². The van der Waals surface area contributed by atoms with E-state index >= 15 is 0 Å². The van der Waals surface area contributed by atoms with Crippen LogP contribution < -0.4 is 10.6 Å². The quantitative estimate of drug-likeness (QED) is 0.689. The monoisotopic (exact) mass is 316 g/mol. The maximum atomic E-state index is 11.9. The van der Waals surface area contributed by atoms with Crippen molar-refractivity contribution in [2.75, 3.05) is 19.7 Å². The first-order valence-electron chi connectivity index (χ1n) is 7.84. The molecule has 0 radical (unpaired) electrons. The largest absolute Gasteiger partial charge is 0.396 e. The number of hydrogen-bond donors (Lipinski definition) is 3. The molecule has 0 bridgehead atoms. The van der Waals surface area contributed by atoms with Crippen molar-refractivity contribution in [1.82, 2.24) is 20.4 Å². The van der Waals surface area contributed by atoms with Gasteiger partial charge in [0, 0.05) is 38.9 Å². The van der Waals surface area contributed by atoms with Crippen LogP contribution in [0.5, 0.6) is 0 Å². The van der Waals surface area contributed by atoms with Gasteiger partial charge < -0.3 is 15.7 Å². The van der Waals surface area contributed by atoms with E-state index in [1.807, 2.05) is 43.6 Å². The fourth-order valence-corrected chi connectivity index (χ4v) is 2.47. The molecule has 124 valence electrons. The molecule has 3 N–H and O–H groups in total. The Bertz CT molecular complexity index is 598. The van der Waals surface area contributed by atoms with Crippen LogP contribution in [0.1, 0.15) is 23.5 Å². The van der Waals surface area contributed by atoms with Crippen LogP contribution in [0.25, 0.3) is 0 Å². The van der Waals surface area contributed by atoms with Gasteiger partial charge in [0.25, 0.3) is 0 Å². The Hall–Kier alpha value is -2.34. The zero-order valence-corrected chi connectivity index (χ0v) is 13.4. The summed E-state index contributed by atoms with van der Waals surface area (Å²) in [7, 11) is 1.87. The predicted molar refractivity (Wildman–Crippen MR) is 89.2 cm³/mol. The fraction of sp³-hybridized carbons (Fsp3) is 0.412. The molecule has 23 heavy (non-hydrogen) atoms. The highest BCUT2D eigenvalue weighted by atomic mass is 16.3. The Morgan fingerprint density at radius 1 is 1.30 bits per heavy atom. The predicted octanol–water partition coefficient (Wildman–Crippen LogP) is 1.43. The minimum atomic E-state index is -0.187. The van der Waals surface area contributed by atoms with E-state index in [1.165, 1.54) is 0 Å². The van der Waals surface area contributed by atoms with Gasteiger partial charge in [0.15, 0.2) is 0 Å². The molecule has 6 nitrogen and oxygen atoms in total. The van der Waals surface area contributed by atoms with Crippen molar-refractivity contribution in [3.05, 3.63) is 53.9 Å². The molecule has 1 atom stereocenters. The van der Waals surface area contributed by atoms with E-state index in [0.717, 1.165) is 17.5 Å². The van der Waals surface area contributed by atoms with Crippen LogP contribution in [0.15, 0.2) is 42.7 Å². The maximum Gasteiger partial charge on any atom is 0.314 e. The number of carbonyl (C=O) groups is 1. The molecule has 1 heterocycles. The van der Waals surface area contributed by atoms with E-state index in [-0.39, 0.29) is 18.6 Å². The summed E-state index contributed by atoms with van der Waals surface area (Å²) < 4.78 is 1.74. The lowest BCUT2D eigenvalue weighted by Gasteiger charge is -2.17. The molecule has 1 unspecified atom stereocenters. The number of benzene rings is 1. The SMILES string of the molecule is Cn1cc(CCNC(=O)NCC(CCO)c2ccccc2)cn1. The van der Waals surface area contributed by atoms with Gasteiger partial charge >= 0.3 is 6.03 Å². The van der Waals surface area contributed by atoms with Gasteiger partial charge in [0.2, 0.25) is 0 Å². The highest BCUT2D eigenvalue weighted by Gasteiger charge is 2.12. The summed E-state index contributed by atoms with van der Waals surface area (Å²) in [6.45, 7) is 1.17. The molecular weight excluding hydrogens is 292 g/mol. The van der Waals surface area contributed by atoms with Crippen molar-refractivity contribution < 1.29 is 9.90 Å². The number of nitrogens with one attached hydrogen (secondary N) is 2. The number of rotatable bonds is 8. The van der Waals surface area contributed by atoms with Gasteiger partial charge in [0.05, 0.1) is 6.20 Å². The van der Waals surface area contributed by atoms with Crippen LogP contribution in [-0.2, 0) is 13.5 Å². The van der Waals surface area contributed by atoms with E-state index in [0.29, 0.717) is 19.5 Å². The highest BCUT2D eigenvalue weighted by Crippen LogP contribution is 2.17. The van der Waals surface area contributed by atoms with Crippen LogP contribution in [0.4, 0.5) is 4.79 Å². The third-order valence-corrected chi connectivity index (χ3v) is 3.72. The number of aromatic nitrogens is 2. The summed E-state index contributed by atoms with van der Waals surface area (Å²) >= 11 is 0. The molecule has 2 amide bonds. The summed E-state index contributed by atoms with van der Waals surface area (Å²) in [6.07, 6.45) is 5.11. The van der Waals surface area contributed by atoms with Crippen LogP contribution in [-0.4, -0.2) is 40.6 Å². The molecule has 1 aromatic heterocycles. The molecule has 0 saturated heterocycles. The molecule has 0 fully saturated rings. The number of aliphatic hydroxyl groups is 1. The Balaban J connectivity index is 1.73. The molecule has 6 heteroatoms. The van der Waals surface area contributed by atoms with Gasteiger partial charge in [0.1, 0.15) is 0 Å². The topological polar surface area (TPSA) is 79.2 Å². The molecular formula is C17H24N4O2. The van der Waals surface area contributed by atoms with E-state index in [9.17, 15) is 9.90 Å². The van der Waals surface area contributed by atoms with Crippen molar-refractivity contribution >= 4 is 6.03 Å². The fourth-order valence-electron chi connectivity index (χ4n) is 2.47. The molecule has 0 aliphatic carbocycles. The van der Waals surface area contributed by atoms with Crippen molar-refractivity contribution in [2.24, 2.45) is 7.05 Å². The minimum absolute atomic E-state index is 0.101. The number of hydrogen-bond acceptors (Lipinski definition) is 3. The van der Waals surface area contributed by atoms with Gasteiger partial charge in [-0.25, -0.2) is 4.79 Å². The summed E-state index contributed by atoms with van der Waals surface area (Å²) in [5.41, 5.74) is 2.22. The number of amides is 2. The van der Waals surface area contributed by atoms with Crippen molar-refractivity contribution in [3.8, 4) is 0 Å². The van der Waals surface area contributed by atoms with Gasteiger partial charge in [-0.2, -0.15) is 5.10 Å². The lowest BCUT2D eigenvalue weighted by atomic mass is 9.96. The van der Waals surface area contributed by atoms with Crippen LogP contribution in [0.2, 0.25) is 0 Å². The third-order valence-electron chi connectivity index (χ3n) is 3.72. The first-order chi connectivity index (χ1) is 11.2. The third kappa shape index (κ3) is 5.75. The molecule has 0 saturated carbocycles.